The van der Waals surface area contributed by atoms with E-state index in [1.165, 1.54) is 0 Å². The molecule has 0 amide bonds. The molecule has 0 saturated heterocycles. The predicted octanol–water partition coefficient (Wildman–Crippen LogP) is 4.08. The minimum atomic E-state index is -4.43. The molecule has 0 atom stereocenters. The van der Waals surface area contributed by atoms with Gasteiger partial charge in [-0.2, -0.15) is 23.4 Å². The van der Waals surface area contributed by atoms with Crippen molar-refractivity contribution in [2.24, 2.45) is 20.4 Å². The Morgan fingerprint density at radius 1 is 0.824 bits per heavy atom. The third-order valence-electron chi connectivity index (χ3n) is 3.88. The SMILES string of the molecule is CCNC([S-])=NN=C(C(=NN=C([S-])NCC(F)(F)F)c1ccccc1)c1ccc(SC)cc1.[Cu+2]. The standard InChI is InChI=1S/C21H23F3N6S3.Cu/c1-3-25-19(31)29-28-18(15-9-11-16(33-2)12-10-15)17(14-7-5-4-6-8-14)27-30-20(32)26-13-21(22,23)24;/h4-12H,3,13H2,1-2H3,(H2,25,29,31)(H2,26,30,32);/q;+2/p-2. The van der Waals surface area contributed by atoms with Crippen molar-refractivity contribution in [1.29, 1.82) is 0 Å². The molecule has 0 aliphatic carbocycles. The van der Waals surface area contributed by atoms with Crippen molar-refractivity contribution < 1.29 is 30.2 Å². The van der Waals surface area contributed by atoms with E-state index in [4.69, 9.17) is 25.3 Å². The average molecular weight is 574 g/mol. The van der Waals surface area contributed by atoms with Crippen molar-refractivity contribution in [2.45, 2.75) is 18.0 Å². The van der Waals surface area contributed by atoms with E-state index >= 15 is 0 Å². The van der Waals surface area contributed by atoms with Gasteiger partial charge in [0.15, 0.2) is 0 Å². The number of alkyl halides is 3. The summed E-state index contributed by atoms with van der Waals surface area (Å²) in [5, 5.41) is 21.0. The molecule has 6 nitrogen and oxygen atoms in total. The van der Waals surface area contributed by atoms with E-state index in [9.17, 15) is 13.2 Å². The van der Waals surface area contributed by atoms with Crippen molar-refractivity contribution in [3.63, 3.8) is 0 Å². The summed E-state index contributed by atoms with van der Waals surface area (Å²) in [6.45, 7) is 1.14. The van der Waals surface area contributed by atoms with Crippen molar-refractivity contribution in [3.8, 4) is 0 Å². The van der Waals surface area contributed by atoms with Gasteiger partial charge in [0.2, 0.25) is 0 Å². The third kappa shape index (κ3) is 10.4. The first-order valence-electron chi connectivity index (χ1n) is 9.63. The van der Waals surface area contributed by atoms with Crippen LogP contribution in [-0.2, 0) is 42.3 Å². The second kappa shape index (κ2) is 14.9. The number of thioether (sulfide) groups is 1. The van der Waals surface area contributed by atoms with Gasteiger partial charge in [0.1, 0.15) is 18.0 Å². The summed E-state index contributed by atoms with van der Waals surface area (Å²) in [6.07, 6.45) is -2.48. The third-order valence-corrected chi connectivity index (χ3v) is 5.08. The molecular weight excluding hydrogens is 553 g/mol. The van der Waals surface area contributed by atoms with Crippen LogP contribution in [0.4, 0.5) is 13.2 Å². The van der Waals surface area contributed by atoms with Gasteiger partial charge in [0.25, 0.3) is 0 Å². The minimum Gasteiger partial charge on any atom is -0.741 e. The first kappa shape index (κ1) is 29.9. The zero-order valence-electron chi connectivity index (χ0n) is 18.1. The van der Waals surface area contributed by atoms with Crippen molar-refractivity contribution in [3.05, 3.63) is 65.7 Å². The molecular formula is C21H21CuF3N6S3. The molecule has 2 aromatic rings. The molecule has 0 aromatic heterocycles. The monoisotopic (exact) mass is 573 g/mol. The molecule has 0 fully saturated rings. The summed E-state index contributed by atoms with van der Waals surface area (Å²) < 4.78 is 37.4. The van der Waals surface area contributed by atoms with Crippen LogP contribution in [0.25, 0.3) is 0 Å². The van der Waals surface area contributed by atoms with Crippen LogP contribution in [0.3, 0.4) is 0 Å². The number of hydrogen-bond donors (Lipinski definition) is 2. The summed E-state index contributed by atoms with van der Waals surface area (Å²) in [4.78, 5) is 1.04. The molecule has 0 bridgehead atoms. The maximum absolute atomic E-state index is 12.5. The molecule has 13 heteroatoms. The van der Waals surface area contributed by atoms with Gasteiger partial charge in [-0.05, 0) is 35.6 Å². The molecule has 2 aromatic carbocycles. The molecule has 0 aliphatic heterocycles. The fraction of sp³-hybridized carbons (Fsp3) is 0.238. The van der Waals surface area contributed by atoms with Crippen LogP contribution in [-0.4, -0.2) is 47.3 Å². The van der Waals surface area contributed by atoms with E-state index in [1.807, 2.05) is 48.8 Å². The maximum Gasteiger partial charge on any atom is 2.00 e. The van der Waals surface area contributed by atoms with Gasteiger partial charge in [-0.25, -0.2) is 0 Å². The Hall–Kier alpha value is -2.18. The van der Waals surface area contributed by atoms with E-state index in [0.29, 0.717) is 23.4 Å². The number of nitrogens with zero attached hydrogens (tertiary/aromatic N) is 4. The number of hydrogen-bond acceptors (Lipinski definition) is 7. The van der Waals surface area contributed by atoms with Gasteiger partial charge in [0.05, 0.1) is 0 Å². The van der Waals surface area contributed by atoms with Crippen LogP contribution in [0.1, 0.15) is 18.1 Å². The van der Waals surface area contributed by atoms with Crippen LogP contribution in [0.15, 0.2) is 79.9 Å². The van der Waals surface area contributed by atoms with E-state index in [-0.39, 0.29) is 27.9 Å². The summed E-state index contributed by atoms with van der Waals surface area (Å²) in [5.41, 5.74) is 1.89. The molecule has 0 spiro atoms. The Kier molecular flexibility index (Phi) is 13.1. The van der Waals surface area contributed by atoms with E-state index < -0.39 is 17.9 Å². The Morgan fingerprint density at radius 3 is 1.79 bits per heavy atom. The maximum atomic E-state index is 12.5. The van der Waals surface area contributed by atoms with Crippen molar-refractivity contribution >= 4 is 58.8 Å². The Labute approximate surface area is 222 Å². The second-order valence-corrected chi connectivity index (χ2v) is 7.95. The second-order valence-electron chi connectivity index (χ2n) is 6.30. The van der Waals surface area contributed by atoms with Crippen LogP contribution < -0.4 is 10.6 Å². The molecule has 2 rings (SSSR count). The number of amidine groups is 2. The largest absolute Gasteiger partial charge is 2.00 e. The molecule has 0 saturated carbocycles. The molecule has 2 N–H and O–H groups in total. The molecule has 0 aliphatic rings. The summed E-state index contributed by atoms with van der Waals surface area (Å²) >= 11 is 11.6. The molecule has 34 heavy (non-hydrogen) atoms. The van der Waals surface area contributed by atoms with Gasteiger partial charge in [-0.3, -0.25) is 0 Å². The molecule has 0 heterocycles. The van der Waals surface area contributed by atoms with E-state index in [2.05, 4.69) is 25.7 Å². The van der Waals surface area contributed by atoms with Gasteiger partial charge in [-0.1, -0.05) is 42.5 Å². The van der Waals surface area contributed by atoms with Crippen LogP contribution >= 0.6 is 11.8 Å². The smallest absolute Gasteiger partial charge is 0.741 e. The van der Waals surface area contributed by atoms with Crippen LogP contribution in [0, 0.1) is 0 Å². The van der Waals surface area contributed by atoms with Crippen LogP contribution in [0.2, 0.25) is 0 Å². The fourth-order valence-electron chi connectivity index (χ4n) is 2.42. The summed E-state index contributed by atoms with van der Waals surface area (Å²) in [7, 11) is 0. The zero-order valence-corrected chi connectivity index (χ0v) is 21.5. The van der Waals surface area contributed by atoms with Crippen molar-refractivity contribution in [2.75, 3.05) is 19.3 Å². The zero-order chi connectivity index (χ0) is 24.3. The minimum absolute atomic E-state index is 0. The Bertz CT molecular complexity index is 1030. The molecule has 1 radical (unpaired) electrons. The first-order chi connectivity index (χ1) is 15.7. The molecule has 0 unspecified atom stereocenters. The number of nitrogens with one attached hydrogen (secondary N) is 2. The quantitative estimate of drug-likeness (QED) is 0.124. The molecule has 185 valence electrons. The summed E-state index contributed by atoms with van der Waals surface area (Å²) in [5.74, 6) is 0. The number of benzene rings is 2. The Morgan fingerprint density at radius 2 is 1.32 bits per heavy atom. The fourth-order valence-corrected chi connectivity index (χ4v) is 3.12. The van der Waals surface area contributed by atoms with Gasteiger partial charge >= 0.3 is 23.2 Å². The number of rotatable bonds is 8. The number of halogens is 3. The van der Waals surface area contributed by atoms with E-state index in [0.717, 1.165) is 4.90 Å². The predicted molar refractivity (Wildman–Crippen MR) is 135 cm³/mol. The van der Waals surface area contributed by atoms with Gasteiger partial charge in [-0.15, -0.1) is 22.0 Å². The summed E-state index contributed by atoms with van der Waals surface area (Å²) in [6, 6.07) is 16.5. The Balaban J connectivity index is 0.00000578. The first-order valence-corrected chi connectivity index (χ1v) is 11.7. The normalized spacial score (nSPS) is 13.3. The topological polar surface area (TPSA) is 73.5 Å². The van der Waals surface area contributed by atoms with Gasteiger partial charge in [0, 0.05) is 22.6 Å². The van der Waals surface area contributed by atoms with Crippen LogP contribution in [0.5, 0.6) is 0 Å². The van der Waals surface area contributed by atoms with Gasteiger partial charge < -0.3 is 35.9 Å². The average Bonchev–Trinajstić information content (AvgIpc) is 2.80. The van der Waals surface area contributed by atoms with Crippen molar-refractivity contribution in [1.82, 2.24) is 10.6 Å². The van der Waals surface area contributed by atoms with E-state index in [1.54, 1.807) is 36.0 Å².